The van der Waals surface area contributed by atoms with E-state index in [1.54, 1.807) is 7.11 Å². The van der Waals surface area contributed by atoms with Crippen molar-refractivity contribution in [3.05, 3.63) is 40.5 Å². The number of aromatic nitrogens is 1. The fraction of sp³-hybridized carbons (Fsp3) is 0.438. The minimum absolute atomic E-state index is 0.327. The van der Waals surface area contributed by atoms with E-state index in [1.807, 2.05) is 24.9 Å². The first kappa shape index (κ1) is 16.2. The van der Waals surface area contributed by atoms with E-state index in [9.17, 15) is 5.11 Å². The van der Waals surface area contributed by atoms with Crippen LogP contribution in [0.15, 0.2) is 24.3 Å². The first-order valence-electron chi connectivity index (χ1n) is 6.91. The maximum Gasteiger partial charge on any atom is 0.134 e. The lowest BCUT2D eigenvalue weighted by molar-refractivity contribution is 0.0419. The molecule has 0 aliphatic carbocycles. The topological polar surface area (TPSA) is 45.6 Å². The number of aryl methyl sites for hydroxylation is 1. The lowest BCUT2D eigenvalue weighted by Gasteiger charge is -2.20. The number of methoxy groups -OCH3 is 1. The van der Waals surface area contributed by atoms with Crippen molar-refractivity contribution in [2.45, 2.75) is 19.6 Å². The SMILES string of the molecule is COCC(O)CN(C)Cc1cc2ccc(C)cc2nc1Cl. The second-order valence-electron chi connectivity index (χ2n) is 5.44. The molecule has 1 atom stereocenters. The van der Waals surface area contributed by atoms with E-state index in [0.29, 0.717) is 24.8 Å². The zero-order valence-corrected chi connectivity index (χ0v) is 13.4. The Morgan fingerprint density at radius 1 is 1.38 bits per heavy atom. The highest BCUT2D eigenvalue weighted by Gasteiger charge is 2.11. The third-order valence-electron chi connectivity index (χ3n) is 3.32. The molecule has 1 N–H and O–H groups in total. The second-order valence-corrected chi connectivity index (χ2v) is 5.80. The van der Waals surface area contributed by atoms with E-state index in [-0.39, 0.29) is 0 Å². The quantitative estimate of drug-likeness (QED) is 0.833. The summed E-state index contributed by atoms with van der Waals surface area (Å²) in [6.45, 7) is 3.52. The third kappa shape index (κ3) is 4.38. The highest BCUT2D eigenvalue weighted by Crippen LogP contribution is 2.22. The molecular weight excluding hydrogens is 288 g/mol. The first-order chi connectivity index (χ1) is 9.99. The summed E-state index contributed by atoms with van der Waals surface area (Å²) in [6, 6.07) is 8.20. The smallest absolute Gasteiger partial charge is 0.134 e. The number of hydrogen-bond donors (Lipinski definition) is 1. The maximum absolute atomic E-state index is 9.75. The molecule has 4 nitrogen and oxygen atoms in total. The summed E-state index contributed by atoms with van der Waals surface area (Å²) in [6.07, 6.45) is -0.505. The molecule has 0 saturated carbocycles. The van der Waals surface area contributed by atoms with Crippen LogP contribution >= 0.6 is 11.6 Å². The fourth-order valence-electron chi connectivity index (χ4n) is 2.37. The molecular formula is C16H21ClN2O2. The molecule has 0 fully saturated rings. The number of nitrogens with zero attached hydrogens (tertiary/aromatic N) is 2. The molecule has 1 aromatic heterocycles. The Hall–Kier alpha value is -1.20. The molecule has 0 spiro atoms. The van der Waals surface area contributed by atoms with Crippen LogP contribution in [0.5, 0.6) is 0 Å². The van der Waals surface area contributed by atoms with Crippen molar-refractivity contribution in [2.75, 3.05) is 27.3 Å². The van der Waals surface area contributed by atoms with Gasteiger partial charge in [-0.05, 0) is 31.7 Å². The van der Waals surface area contributed by atoms with Crippen molar-refractivity contribution < 1.29 is 9.84 Å². The third-order valence-corrected chi connectivity index (χ3v) is 3.65. The van der Waals surface area contributed by atoms with Crippen LogP contribution in [0.1, 0.15) is 11.1 Å². The fourth-order valence-corrected chi connectivity index (χ4v) is 2.57. The van der Waals surface area contributed by atoms with Crippen molar-refractivity contribution >= 4 is 22.5 Å². The summed E-state index contributed by atoms with van der Waals surface area (Å²) >= 11 is 6.27. The van der Waals surface area contributed by atoms with E-state index in [2.05, 4.69) is 23.2 Å². The Bertz CT molecular complexity index is 618. The van der Waals surface area contributed by atoms with Crippen molar-refractivity contribution in [3.63, 3.8) is 0 Å². The van der Waals surface area contributed by atoms with Gasteiger partial charge in [0.1, 0.15) is 5.15 Å². The molecule has 1 heterocycles. The molecule has 0 aliphatic heterocycles. The van der Waals surface area contributed by atoms with Gasteiger partial charge in [-0.25, -0.2) is 4.98 Å². The van der Waals surface area contributed by atoms with Gasteiger partial charge in [-0.1, -0.05) is 23.7 Å². The number of rotatable bonds is 6. The Balaban J connectivity index is 2.14. The summed E-state index contributed by atoms with van der Waals surface area (Å²) in [5, 5.41) is 11.3. The summed E-state index contributed by atoms with van der Waals surface area (Å²) < 4.78 is 4.93. The van der Waals surface area contributed by atoms with E-state index in [4.69, 9.17) is 16.3 Å². The largest absolute Gasteiger partial charge is 0.389 e. The maximum atomic E-state index is 9.75. The molecule has 2 aromatic rings. The molecule has 1 unspecified atom stereocenters. The molecule has 0 aliphatic rings. The van der Waals surface area contributed by atoms with Crippen molar-refractivity contribution in [3.8, 4) is 0 Å². The van der Waals surface area contributed by atoms with Crippen LogP contribution in [0, 0.1) is 6.92 Å². The van der Waals surface area contributed by atoms with Crippen LogP contribution in [0.2, 0.25) is 5.15 Å². The van der Waals surface area contributed by atoms with Crippen molar-refractivity contribution in [1.82, 2.24) is 9.88 Å². The van der Waals surface area contributed by atoms with Crippen molar-refractivity contribution in [1.29, 1.82) is 0 Å². The zero-order valence-electron chi connectivity index (χ0n) is 12.6. The Morgan fingerprint density at radius 3 is 2.86 bits per heavy atom. The van der Waals surface area contributed by atoms with Gasteiger partial charge >= 0.3 is 0 Å². The number of ether oxygens (including phenoxy) is 1. The van der Waals surface area contributed by atoms with Gasteiger partial charge in [-0.3, -0.25) is 4.90 Å². The van der Waals surface area contributed by atoms with Gasteiger partial charge in [0.15, 0.2) is 0 Å². The van der Waals surface area contributed by atoms with E-state index < -0.39 is 6.10 Å². The number of benzene rings is 1. The van der Waals surface area contributed by atoms with Crippen LogP contribution in [0.3, 0.4) is 0 Å². The van der Waals surface area contributed by atoms with E-state index in [0.717, 1.165) is 16.5 Å². The molecule has 0 radical (unpaired) electrons. The molecule has 0 amide bonds. The highest BCUT2D eigenvalue weighted by molar-refractivity contribution is 6.30. The number of hydrogen-bond acceptors (Lipinski definition) is 4. The number of aliphatic hydroxyl groups is 1. The van der Waals surface area contributed by atoms with Gasteiger partial charge < -0.3 is 9.84 Å². The average molecular weight is 309 g/mol. The average Bonchev–Trinajstić information content (AvgIpc) is 2.40. The zero-order chi connectivity index (χ0) is 15.4. The number of likely N-dealkylation sites (N-methyl/N-ethyl adjacent to an activating group) is 1. The summed E-state index contributed by atoms with van der Waals surface area (Å²) in [4.78, 5) is 6.46. The molecule has 0 bridgehead atoms. The minimum atomic E-state index is -0.505. The number of fused-ring (bicyclic) bond motifs is 1. The van der Waals surface area contributed by atoms with Gasteiger partial charge in [0.25, 0.3) is 0 Å². The monoisotopic (exact) mass is 308 g/mol. The lowest BCUT2D eigenvalue weighted by Crippen LogP contribution is -2.31. The first-order valence-corrected chi connectivity index (χ1v) is 7.28. The molecule has 1 aromatic carbocycles. The van der Waals surface area contributed by atoms with Gasteiger partial charge in [0.05, 0.1) is 18.2 Å². The standard InChI is InChI=1S/C16H21ClN2O2/c1-11-4-5-12-7-13(16(17)18-15(12)6-11)8-19(2)9-14(20)10-21-3/h4-7,14,20H,8-10H2,1-3H3. The Kier molecular flexibility index (Phi) is 5.53. The number of aliphatic hydroxyl groups excluding tert-OH is 1. The molecule has 5 heteroatoms. The Labute approximate surface area is 130 Å². The van der Waals surface area contributed by atoms with Crippen LogP contribution in [0.4, 0.5) is 0 Å². The Morgan fingerprint density at radius 2 is 2.14 bits per heavy atom. The van der Waals surface area contributed by atoms with Gasteiger partial charge in [0, 0.05) is 31.1 Å². The summed E-state index contributed by atoms with van der Waals surface area (Å²) in [7, 11) is 3.52. The second kappa shape index (κ2) is 7.18. The minimum Gasteiger partial charge on any atom is -0.389 e. The van der Waals surface area contributed by atoms with Crippen LogP contribution in [-0.4, -0.2) is 48.4 Å². The van der Waals surface area contributed by atoms with Crippen LogP contribution in [0.25, 0.3) is 10.9 Å². The van der Waals surface area contributed by atoms with Crippen molar-refractivity contribution in [2.24, 2.45) is 0 Å². The van der Waals surface area contributed by atoms with E-state index in [1.165, 1.54) is 5.56 Å². The molecule has 2 rings (SSSR count). The predicted molar refractivity (Wildman–Crippen MR) is 85.7 cm³/mol. The number of pyridine rings is 1. The van der Waals surface area contributed by atoms with Gasteiger partial charge in [-0.2, -0.15) is 0 Å². The highest BCUT2D eigenvalue weighted by atomic mass is 35.5. The molecule has 114 valence electrons. The summed E-state index contributed by atoms with van der Waals surface area (Å²) in [5.74, 6) is 0. The lowest BCUT2D eigenvalue weighted by atomic mass is 10.1. The van der Waals surface area contributed by atoms with Crippen LogP contribution in [-0.2, 0) is 11.3 Å². The predicted octanol–water partition coefficient (Wildman–Crippen LogP) is 2.64. The molecule has 21 heavy (non-hydrogen) atoms. The molecule has 0 saturated heterocycles. The van der Waals surface area contributed by atoms with Gasteiger partial charge in [0.2, 0.25) is 0 Å². The number of halogens is 1. The normalized spacial score (nSPS) is 13.0. The van der Waals surface area contributed by atoms with E-state index >= 15 is 0 Å². The summed E-state index contributed by atoms with van der Waals surface area (Å²) in [5.41, 5.74) is 3.03. The van der Waals surface area contributed by atoms with Crippen LogP contribution < -0.4 is 0 Å². The van der Waals surface area contributed by atoms with Gasteiger partial charge in [-0.15, -0.1) is 0 Å².